The molecule has 0 aliphatic rings. The van der Waals surface area contributed by atoms with E-state index in [9.17, 15) is 4.91 Å². The van der Waals surface area contributed by atoms with Gasteiger partial charge in [-0.1, -0.05) is 0 Å². The lowest BCUT2D eigenvalue weighted by molar-refractivity contribution is 0.187. The lowest BCUT2D eigenvalue weighted by Gasteiger charge is -2.06. The van der Waals surface area contributed by atoms with Crippen LogP contribution in [-0.4, -0.2) is 32.3 Å². The summed E-state index contributed by atoms with van der Waals surface area (Å²) >= 11 is 0. The average Bonchev–Trinajstić information content (AvgIpc) is 1.98. The first-order chi connectivity index (χ1) is 4.81. The van der Waals surface area contributed by atoms with Crippen molar-refractivity contribution in [3.8, 4) is 0 Å². The minimum absolute atomic E-state index is 0.715. The summed E-state index contributed by atoms with van der Waals surface area (Å²) in [6.45, 7) is 1.47. The number of nitroso groups, excluding NO2 is 1. The number of methoxy groups -OCH3 is 1. The first-order valence-electron chi connectivity index (χ1n) is 3.34. The van der Waals surface area contributed by atoms with Crippen molar-refractivity contribution >= 4 is 0 Å². The highest BCUT2D eigenvalue weighted by atomic mass is 16.5. The molecule has 0 aliphatic carbocycles. The van der Waals surface area contributed by atoms with Gasteiger partial charge >= 0.3 is 0 Å². The van der Waals surface area contributed by atoms with Gasteiger partial charge in [0.25, 0.3) is 0 Å². The molecule has 4 heteroatoms. The third-order valence-electron chi connectivity index (χ3n) is 1.22. The smallest absolute Gasteiger partial charge is 0.0521 e. The van der Waals surface area contributed by atoms with Crippen molar-refractivity contribution in [2.24, 2.45) is 5.29 Å². The van der Waals surface area contributed by atoms with Crippen molar-refractivity contribution < 1.29 is 4.74 Å². The van der Waals surface area contributed by atoms with Gasteiger partial charge < -0.3 is 4.74 Å². The summed E-state index contributed by atoms with van der Waals surface area (Å²) in [6, 6.07) is 0. The van der Waals surface area contributed by atoms with Crippen LogP contribution in [0.5, 0.6) is 0 Å². The highest BCUT2D eigenvalue weighted by Crippen LogP contribution is 1.92. The van der Waals surface area contributed by atoms with Gasteiger partial charge in [-0.05, 0) is 12.8 Å². The van der Waals surface area contributed by atoms with E-state index in [1.807, 2.05) is 0 Å². The molecule has 0 aliphatic heterocycles. The summed E-state index contributed by atoms with van der Waals surface area (Å²) in [5.41, 5.74) is 0. The van der Waals surface area contributed by atoms with E-state index in [1.165, 1.54) is 5.01 Å². The van der Waals surface area contributed by atoms with E-state index in [0.717, 1.165) is 19.4 Å². The largest absolute Gasteiger partial charge is 0.385 e. The molecule has 0 aromatic rings. The lowest BCUT2D eigenvalue weighted by Crippen LogP contribution is -2.11. The van der Waals surface area contributed by atoms with Crippen LogP contribution in [0.2, 0.25) is 0 Å². The molecule has 4 nitrogen and oxygen atoms in total. The Morgan fingerprint density at radius 3 is 2.70 bits per heavy atom. The molecule has 0 atom stereocenters. The monoisotopic (exact) mass is 146 g/mol. The first kappa shape index (κ1) is 9.36. The maximum atomic E-state index is 9.81. The molecule has 0 bridgehead atoms. The van der Waals surface area contributed by atoms with Crippen LogP contribution in [0.4, 0.5) is 0 Å². The maximum absolute atomic E-state index is 9.81. The van der Waals surface area contributed by atoms with Crippen LogP contribution in [0.15, 0.2) is 5.29 Å². The molecule has 0 saturated heterocycles. The van der Waals surface area contributed by atoms with Crippen LogP contribution in [-0.2, 0) is 4.74 Å². The molecule has 0 saturated carbocycles. The van der Waals surface area contributed by atoms with Crippen molar-refractivity contribution in [1.29, 1.82) is 0 Å². The number of hydrogen-bond acceptors (Lipinski definition) is 3. The molecule has 60 valence electrons. The van der Waals surface area contributed by atoms with Gasteiger partial charge in [-0.2, -0.15) is 0 Å². The summed E-state index contributed by atoms with van der Waals surface area (Å²) in [6.07, 6.45) is 1.94. The van der Waals surface area contributed by atoms with Crippen LogP contribution in [0, 0.1) is 4.91 Å². The second-order valence-electron chi connectivity index (χ2n) is 2.16. The quantitative estimate of drug-likeness (QED) is 0.319. The van der Waals surface area contributed by atoms with Crippen LogP contribution in [0.1, 0.15) is 12.8 Å². The first-order valence-corrected chi connectivity index (χ1v) is 3.34. The Morgan fingerprint density at radius 2 is 2.20 bits per heavy atom. The second-order valence-corrected chi connectivity index (χ2v) is 2.16. The zero-order valence-corrected chi connectivity index (χ0v) is 6.54. The third-order valence-corrected chi connectivity index (χ3v) is 1.22. The Kier molecular flexibility index (Phi) is 6.06. The zero-order valence-electron chi connectivity index (χ0n) is 6.54. The highest BCUT2D eigenvalue weighted by molar-refractivity contribution is 4.44. The average molecular weight is 146 g/mol. The molecule has 0 fully saturated rings. The molecular weight excluding hydrogens is 132 g/mol. The fourth-order valence-corrected chi connectivity index (χ4v) is 0.628. The molecular formula is C6H14N2O2. The van der Waals surface area contributed by atoms with E-state index >= 15 is 0 Å². The number of unbranched alkanes of at least 4 members (excludes halogenated alkanes) is 1. The zero-order chi connectivity index (χ0) is 7.82. The van der Waals surface area contributed by atoms with Crippen molar-refractivity contribution in [3.05, 3.63) is 4.91 Å². The Balaban J connectivity index is 2.95. The Morgan fingerprint density at radius 1 is 1.50 bits per heavy atom. The molecule has 0 unspecified atom stereocenters. The Hall–Kier alpha value is -0.640. The van der Waals surface area contributed by atoms with Gasteiger partial charge in [-0.25, -0.2) is 0 Å². The summed E-state index contributed by atoms with van der Waals surface area (Å²) in [5, 5.41) is 4.11. The van der Waals surface area contributed by atoms with Gasteiger partial charge in [-0.3, -0.25) is 5.01 Å². The maximum Gasteiger partial charge on any atom is 0.0521 e. The van der Waals surface area contributed by atoms with E-state index in [0.29, 0.717) is 6.54 Å². The van der Waals surface area contributed by atoms with E-state index in [4.69, 9.17) is 4.74 Å². The summed E-state index contributed by atoms with van der Waals surface area (Å²) in [4.78, 5) is 9.81. The van der Waals surface area contributed by atoms with E-state index in [-0.39, 0.29) is 0 Å². The van der Waals surface area contributed by atoms with E-state index in [1.54, 1.807) is 14.2 Å². The van der Waals surface area contributed by atoms with Gasteiger partial charge in [0.15, 0.2) is 0 Å². The fraction of sp³-hybridized carbons (Fsp3) is 1.00. The van der Waals surface area contributed by atoms with Crippen molar-refractivity contribution in [2.45, 2.75) is 12.8 Å². The summed E-state index contributed by atoms with van der Waals surface area (Å²) in [7, 11) is 3.33. The van der Waals surface area contributed by atoms with Crippen LogP contribution >= 0.6 is 0 Å². The molecule has 0 amide bonds. The molecule has 0 heterocycles. The predicted molar refractivity (Wildman–Crippen MR) is 39.5 cm³/mol. The summed E-state index contributed by atoms with van der Waals surface area (Å²) < 4.78 is 4.83. The van der Waals surface area contributed by atoms with Gasteiger partial charge in [0.1, 0.15) is 0 Å². The number of ether oxygens (including phenoxy) is 1. The molecule has 0 rings (SSSR count). The van der Waals surface area contributed by atoms with Gasteiger partial charge in [0.2, 0.25) is 0 Å². The predicted octanol–water partition coefficient (Wildman–Crippen LogP) is 1.03. The number of nitrogens with zero attached hydrogens (tertiary/aromatic N) is 2. The molecule has 0 N–H and O–H groups in total. The molecule has 0 radical (unpaired) electrons. The van der Waals surface area contributed by atoms with Crippen molar-refractivity contribution in [3.63, 3.8) is 0 Å². The SMILES string of the molecule is COCCCCN(C)N=O. The molecule has 0 spiro atoms. The minimum atomic E-state index is 0.715. The minimum Gasteiger partial charge on any atom is -0.385 e. The van der Waals surface area contributed by atoms with Gasteiger partial charge in [-0.15, -0.1) is 4.91 Å². The number of hydrogen-bond donors (Lipinski definition) is 0. The summed E-state index contributed by atoms with van der Waals surface area (Å²) in [5.74, 6) is 0. The second kappa shape index (κ2) is 6.48. The van der Waals surface area contributed by atoms with E-state index < -0.39 is 0 Å². The lowest BCUT2D eigenvalue weighted by atomic mass is 10.3. The van der Waals surface area contributed by atoms with Crippen molar-refractivity contribution in [1.82, 2.24) is 5.01 Å². The van der Waals surface area contributed by atoms with Gasteiger partial charge in [0, 0.05) is 27.3 Å². The molecule has 10 heavy (non-hydrogen) atoms. The molecule has 0 aromatic carbocycles. The normalized spacial score (nSPS) is 9.40. The molecule has 0 aromatic heterocycles. The van der Waals surface area contributed by atoms with Crippen LogP contribution in [0.25, 0.3) is 0 Å². The van der Waals surface area contributed by atoms with Crippen LogP contribution in [0.3, 0.4) is 0 Å². The Bertz CT molecular complexity index is 87.8. The third kappa shape index (κ3) is 5.50. The topological polar surface area (TPSA) is 41.9 Å². The Labute approximate surface area is 61.1 Å². The van der Waals surface area contributed by atoms with E-state index in [2.05, 4.69) is 5.29 Å². The highest BCUT2D eigenvalue weighted by Gasteiger charge is 1.92. The van der Waals surface area contributed by atoms with Crippen LogP contribution < -0.4 is 0 Å². The number of rotatable bonds is 6. The van der Waals surface area contributed by atoms with Crippen molar-refractivity contribution in [2.75, 3.05) is 27.3 Å². The standard InChI is InChI=1S/C6H14N2O2/c1-8(7-9)5-3-4-6-10-2/h3-6H2,1-2H3. The fourth-order valence-electron chi connectivity index (χ4n) is 0.628. The van der Waals surface area contributed by atoms with Gasteiger partial charge in [0.05, 0.1) is 5.29 Å².